The molecule has 1 aromatic rings. The van der Waals surface area contributed by atoms with Gasteiger partial charge in [-0.2, -0.15) is 0 Å². The molecule has 4 heteroatoms. The predicted octanol–water partition coefficient (Wildman–Crippen LogP) is 2.78. The second-order valence-corrected chi connectivity index (χ2v) is 6.46. The van der Waals surface area contributed by atoms with E-state index in [1.165, 1.54) is 37.1 Å². The lowest BCUT2D eigenvalue weighted by molar-refractivity contribution is 0.180. The first-order valence-corrected chi connectivity index (χ1v) is 9.01. The second kappa shape index (κ2) is 9.56. The summed E-state index contributed by atoms with van der Waals surface area (Å²) in [5.41, 5.74) is 2.76. The van der Waals surface area contributed by atoms with Gasteiger partial charge in [-0.3, -0.25) is 9.89 Å². The van der Waals surface area contributed by atoms with Gasteiger partial charge < -0.3 is 10.6 Å². The highest BCUT2D eigenvalue weighted by atomic mass is 15.2. The van der Waals surface area contributed by atoms with E-state index < -0.39 is 0 Å². The predicted molar refractivity (Wildman–Crippen MR) is 98.8 cm³/mol. The molecule has 23 heavy (non-hydrogen) atoms. The van der Waals surface area contributed by atoms with Crippen LogP contribution in [0.1, 0.15) is 37.8 Å². The summed E-state index contributed by atoms with van der Waals surface area (Å²) in [6.07, 6.45) is 2.50. The van der Waals surface area contributed by atoms with Gasteiger partial charge in [-0.05, 0) is 58.2 Å². The third-order valence-corrected chi connectivity index (χ3v) is 4.43. The Labute approximate surface area is 141 Å². The maximum Gasteiger partial charge on any atom is 0.191 e. The molecule has 0 unspecified atom stereocenters. The fourth-order valence-electron chi connectivity index (χ4n) is 3.01. The summed E-state index contributed by atoms with van der Waals surface area (Å²) in [5.74, 6) is 1.67. The van der Waals surface area contributed by atoms with Gasteiger partial charge in [0.05, 0.1) is 0 Å². The smallest absolute Gasteiger partial charge is 0.191 e. The second-order valence-electron chi connectivity index (χ2n) is 6.46. The normalized spacial score (nSPS) is 16.1. The van der Waals surface area contributed by atoms with Crippen LogP contribution in [0.25, 0.3) is 0 Å². The number of aryl methyl sites for hydroxylation is 1. The Morgan fingerprint density at radius 3 is 2.26 bits per heavy atom. The van der Waals surface area contributed by atoms with Crippen LogP contribution in [-0.4, -0.2) is 43.6 Å². The number of likely N-dealkylation sites (tertiary alicyclic amines) is 1. The Morgan fingerprint density at radius 2 is 1.70 bits per heavy atom. The summed E-state index contributed by atoms with van der Waals surface area (Å²) in [6, 6.07) is 8.93. The molecular weight excluding hydrogens is 284 g/mol. The number of nitrogens with one attached hydrogen (secondary N) is 2. The molecule has 0 amide bonds. The number of hydrogen-bond acceptors (Lipinski definition) is 2. The largest absolute Gasteiger partial charge is 0.357 e. The third kappa shape index (κ3) is 6.22. The minimum absolute atomic E-state index is 0.719. The van der Waals surface area contributed by atoms with E-state index in [0.717, 1.165) is 38.1 Å². The number of aliphatic imine (C=N–C) groups is 1. The Hall–Kier alpha value is -1.55. The average Bonchev–Trinajstić information content (AvgIpc) is 2.56. The van der Waals surface area contributed by atoms with Gasteiger partial charge in [-0.25, -0.2) is 0 Å². The molecule has 1 aliphatic rings. The van der Waals surface area contributed by atoms with Crippen molar-refractivity contribution in [3.63, 3.8) is 0 Å². The van der Waals surface area contributed by atoms with Gasteiger partial charge in [0.2, 0.25) is 0 Å². The number of benzene rings is 1. The molecule has 4 nitrogen and oxygen atoms in total. The zero-order valence-electron chi connectivity index (χ0n) is 14.9. The van der Waals surface area contributed by atoms with Crippen LogP contribution in [0, 0.1) is 12.8 Å². The molecule has 1 aromatic carbocycles. The minimum atomic E-state index is 0.719. The minimum Gasteiger partial charge on any atom is -0.357 e. The van der Waals surface area contributed by atoms with Crippen LogP contribution >= 0.6 is 0 Å². The molecule has 0 bridgehead atoms. The Kier molecular flexibility index (Phi) is 7.40. The summed E-state index contributed by atoms with van der Waals surface area (Å²) in [6.45, 7) is 12.6. The zero-order chi connectivity index (χ0) is 16.5. The molecular formula is C19H32N4. The molecule has 0 spiro atoms. The third-order valence-electron chi connectivity index (χ3n) is 4.43. The zero-order valence-corrected chi connectivity index (χ0v) is 14.9. The van der Waals surface area contributed by atoms with Crippen LogP contribution in [0.4, 0.5) is 0 Å². The van der Waals surface area contributed by atoms with Gasteiger partial charge in [0.15, 0.2) is 5.96 Å². The standard InChI is InChI=1S/C19H32N4/c1-4-20-19(21-5-2)22-14-17-10-12-23(13-11-17)15-18-8-6-16(3)7-9-18/h6-9,17H,4-5,10-15H2,1-3H3,(H2,20,21,22). The van der Waals surface area contributed by atoms with Crippen LogP contribution in [0.2, 0.25) is 0 Å². The summed E-state index contributed by atoms with van der Waals surface area (Å²) >= 11 is 0. The van der Waals surface area contributed by atoms with Crippen molar-refractivity contribution < 1.29 is 0 Å². The lowest BCUT2D eigenvalue weighted by Gasteiger charge is -2.31. The number of rotatable bonds is 6. The van der Waals surface area contributed by atoms with E-state index >= 15 is 0 Å². The highest BCUT2D eigenvalue weighted by molar-refractivity contribution is 5.79. The highest BCUT2D eigenvalue weighted by Gasteiger charge is 2.19. The van der Waals surface area contributed by atoms with E-state index in [1.54, 1.807) is 0 Å². The Bertz CT molecular complexity index is 465. The fraction of sp³-hybridized carbons (Fsp3) is 0.632. The van der Waals surface area contributed by atoms with Crippen LogP contribution in [0.15, 0.2) is 29.3 Å². The molecule has 1 fully saturated rings. The molecule has 0 saturated carbocycles. The molecule has 1 heterocycles. The van der Waals surface area contributed by atoms with Gasteiger partial charge in [0.25, 0.3) is 0 Å². The van der Waals surface area contributed by atoms with Gasteiger partial charge in [-0.15, -0.1) is 0 Å². The number of guanidine groups is 1. The lowest BCUT2D eigenvalue weighted by atomic mass is 9.96. The van der Waals surface area contributed by atoms with Crippen molar-refractivity contribution in [2.45, 2.75) is 40.2 Å². The van der Waals surface area contributed by atoms with Crippen molar-refractivity contribution in [2.75, 3.05) is 32.7 Å². The van der Waals surface area contributed by atoms with Crippen molar-refractivity contribution in [1.82, 2.24) is 15.5 Å². The molecule has 0 atom stereocenters. The lowest BCUT2D eigenvalue weighted by Crippen LogP contribution is -2.38. The number of hydrogen-bond donors (Lipinski definition) is 2. The van der Waals surface area contributed by atoms with E-state index in [-0.39, 0.29) is 0 Å². The molecule has 2 N–H and O–H groups in total. The Morgan fingerprint density at radius 1 is 1.09 bits per heavy atom. The monoisotopic (exact) mass is 316 g/mol. The maximum absolute atomic E-state index is 4.72. The van der Waals surface area contributed by atoms with Crippen molar-refractivity contribution in [3.05, 3.63) is 35.4 Å². The quantitative estimate of drug-likeness (QED) is 0.626. The first kappa shape index (κ1) is 17.8. The summed E-state index contributed by atoms with van der Waals surface area (Å²) in [4.78, 5) is 7.29. The summed E-state index contributed by atoms with van der Waals surface area (Å²) in [5, 5.41) is 6.60. The van der Waals surface area contributed by atoms with Crippen molar-refractivity contribution >= 4 is 5.96 Å². The molecule has 1 aliphatic heterocycles. The van der Waals surface area contributed by atoms with Crippen molar-refractivity contribution in [2.24, 2.45) is 10.9 Å². The molecule has 128 valence electrons. The van der Waals surface area contributed by atoms with E-state index in [9.17, 15) is 0 Å². The molecule has 2 rings (SSSR count). The van der Waals surface area contributed by atoms with E-state index in [4.69, 9.17) is 4.99 Å². The topological polar surface area (TPSA) is 39.7 Å². The van der Waals surface area contributed by atoms with E-state index in [0.29, 0.717) is 0 Å². The average molecular weight is 316 g/mol. The number of nitrogens with zero attached hydrogens (tertiary/aromatic N) is 2. The van der Waals surface area contributed by atoms with Crippen LogP contribution in [0.3, 0.4) is 0 Å². The molecule has 0 aliphatic carbocycles. The van der Waals surface area contributed by atoms with Gasteiger partial charge in [-0.1, -0.05) is 29.8 Å². The maximum atomic E-state index is 4.72. The van der Waals surface area contributed by atoms with Crippen LogP contribution < -0.4 is 10.6 Å². The van der Waals surface area contributed by atoms with Gasteiger partial charge in [0.1, 0.15) is 0 Å². The Balaban J connectivity index is 1.74. The van der Waals surface area contributed by atoms with Crippen LogP contribution in [0.5, 0.6) is 0 Å². The fourth-order valence-corrected chi connectivity index (χ4v) is 3.01. The summed E-state index contributed by atoms with van der Waals surface area (Å²) in [7, 11) is 0. The van der Waals surface area contributed by atoms with Crippen molar-refractivity contribution in [3.8, 4) is 0 Å². The number of piperidine rings is 1. The first-order chi connectivity index (χ1) is 11.2. The van der Waals surface area contributed by atoms with Crippen LogP contribution in [-0.2, 0) is 6.54 Å². The first-order valence-electron chi connectivity index (χ1n) is 9.01. The molecule has 1 saturated heterocycles. The van der Waals surface area contributed by atoms with E-state index in [1.807, 2.05) is 0 Å². The molecule has 0 radical (unpaired) electrons. The SMILES string of the molecule is CCNC(=NCC1CCN(Cc2ccc(C)cc2)CC1)NCC. The summed E-state index contributed by atoms with van der Waals surface area (Å²) < 4.78 is 0. The highest BCUT2D eigenvalue weighted by Crippen LogP contribution is 2.19. The van der Waals surface area contributed by atoms with Gasteiger partial charge in [0, 0.05) is 26.2 Å². The van der Waals surface area contributed by atoms with E-state index in [2.05, 4.69) is 60.6 Å². The molecule has 0 aromatic heterocycles. The van der Waals surface area contributed by atoms with Gasteiger partial charge >= 0.3 is 0 Å². The van der Waals surface area contributed by atoms with Crippen molar-refractivity contribution in [1.29, 1.82) is 0 Å².